The van der Waals surface area contributed by atoms with Gasteiger partial charge in [0.05, 0.1) is 0 Å². The van der Waals surface area contributed by atoms with Gasteiger partial charge in [-0.05, 0) is 43.2 Å². The number of hydrogen-bond donors (Lipinski definition) is 3. The van der Waals surface area contributed by atoms with Gasteiger partial charge in [-0.2, -0.15) is 0 Å². The molecule has 0 aliphatic rings. The van der Waals surface area contributed by atoms with Crippen LogP contribution in [0.2, 0.25) is 0 Å². The van der Waals surface area contributed by atoms with Crippen LogP contribution in [0.1, 0.15) is 49.0 Å². The Balaban J connectivity index is 2.83. The number of aliphatic hydroxyl groups is 1. The summed E-state index contributed by atoms with van der Waals surface area (Å²) < 4.78 is 0. The molecule has 0 radical (unpaired) electrons. The molecular weight excluding hydrogens is 256 g/mol. The van der Waals surface area contributed by atoms with Gasteiger partial charge in [0.15, 0.2) is 0 Å². The fourth-order valence-electron chi connectivity index (χ4n) is 2.39. The van der Waals surface area contributed by atoms with Crippen LogP contribution < -0.4 is 10.9 Å². The highest BCUT2D eigenvalue weighted by atomic mass is 16.3. The molecule has 112 valence electrons. The molecule has 1 aromatic rings. The van der Waals surface area contributed by atoms with Gasteiger partial charge in [0.2, 0.25) is 0 Å². The molecule has 0 fully saturated rings. The highest BCUT2D eigenvalue weighted by molar-refractivity contribution is 5.95. The van der Waals surface area contributed by atoms with E-state index < -0.39 is 0 Å². The maximum atomic E-state index is 12.2. The highest BCUT2D eigenvalue weighted by Gasteiger charge is 2.26. The normalized spacial score (nSPS) is 11.4. The van der Waals surface area contributed by atoms with E-state index in [0.29, 0.717) is 18.5 Å². The van der Waals surface area contributed by atoms with E-state index in [1.54, 1.807) is 13.0 Å². The minimum atomic E-state index is -0.372. The average Bonchev–Trinajstić information content (AvgIpc) is 2.43. The smallest absolute Gasteiger partial charge is 0.261 e. The van der Waals surface area contributed by atoms with Crippen LogP contribution in [0.5, 0.6) is 0 Å². The molecular formula is C15H24N2O3. The molecule has 0 bridgehead atoms. The van der Waals surface area contributed by atoms with Crippen molar-refractivity contribution in [3.8, 4) is 0 Å². The molecule has 0 saturated heterocycles. The second-order valence-electron chi connectivity index (χ2n) is 5.23. The summed E-state index contributed by atoms with van der Waals surface area (Å²) in [7, 11) is 0. The van der Waals surface area contributed by atoms with Crippen molar-refractivity contribution >= 4 is 5.91 Å². The molecule has 1 heterocycles. The molecule has 0 aliphatic heterocycles. The number of carbonyl (C=O) groups excluding carboxylic acids is 1. The molecule has 0 spiro atoms. The summed E-state index contributed by atoms with van der Waals surface area (Å²) in [6.45, 7) is 6.40. The standard InChI is InChI=1S/C15H24N2O3/c1-4-15(5-2,7-9-18)10-17-14(20)12-11(3)6-8-16-13(12)19/h6,8,18H,4-5,7,9-10H2,1-3H3,(H,16,19)(H,17,20). The highest BCUT2D eigenvalue weighted by Crippen LogP contribution is 2.29. The van der Waals surface area contributed by atoms with Crippen molar-refractivity contribution in [2.75, 3.05) is 13.2 Å². The predicted molar refractivity (Wildman–Crippen MR) is 78.9 cm³/mol. The van der Waals surface area contributed by atoms with E-state index in [4.69, 9.17) is 5.11 Å². The number of aryl methyl sites for hydroxylation is 1. The fraction of sp³-hybridized carbons (Fsp3) is 0.600. The van der Waals surface area contributed by atoms with Gasteiger partial charge in [0.25, 0.3) is 11.5 Å². The summed E-state index contributed by atoms with van der Waals surface area (Å²) in [5.41, 5.74) is 0.340. The zero-order valence-electron chi connectivity index (χ0n) is 12.5. The molecule has 5 nitrogen and oxygen atoms in total. The van der Waals surface area contributed by atoms with Crippen LogP contribution in [0.3, 0.4) is 0 Å². The Morgan fingerprint density at radius 1 is 1.40 bits per heavy atom. The molecule has 20 heavy (non-hydrogen) atoms. The lowest BCUT2D eigenvalue weighted by atomic mass is 9.79. The van der Waals surface area contributed by atoms with Crippen LogP contribution in [-0.2, 0) is 0 Å². The largest absolute Gasteiger partial charge is 0.396 e. The van der Waals surface area contributed by atoms with Crippen molar-refractivity contribution in [3.63, 3.8) is 0 Å². The first kappa shape index (κ1) is 16.4. The third-order valence-corrected chi connectivity index (χ3v) is 4.16. The van der Waals surface area contributed by atoms with Crippen LogP contribution in [0.4, 0.5) is 0 Å². The Morgan fingerprint density at radius 2 is 2.05 bits per heavy atom. The minimum absolute atomic E-state index is 0.0997. The number of hydrogen-bond acceptors (Lipinski definition) is 3. The van der Waals surface area contributed by atoms with Gasteiger partial charge < -0.3 is 15.4 Å². The molecule has 1 rings (SSSR count). The Kier molecular flexibility index (Phi) is 5.95. The lowest BCUT2D eigenvalue weighted by Gasteiger charge is -2.31. The van der Waals surface area contributed by atoms with Gasteiger partial charge in [-0.15, -0.1) is 0 Å². The second kappa shape index (κ2) is 7.24. The number of aromatic nitrogens is 1. The van der Waals surface area contributed by atoms with Crippen LogP contribution in [0, 0.1) is 12.3 Å². The molecule has 0 saturated carbocycles. The van der Waals surface area contributed by atoms with E-state index in [0.717, 1.165) is 12.8 Å². The second-order valence-corrected chi connectivity index (χ2v) is 5.23. The zero-order valence-corrected chi connectivity index (χ0v) is 12.5. The Morgan fingerprint density at radius 3 is 2.55 bits per heavy atom. The van der Waals surface area contributed by atoms with Crippen molar-refractivity contribution < 1.29 is 9.90 Å². The number of rotatable bonds is 7. The van der Waals surface area contributed by atoms with Gasteiger partial charge in [-0.1, -0.05) is 13.8 Å². The Hall–Kier alpha value is -1.62. The van der Waals surface area contributed by atoms with E-state index in [1.807, 2.05) is 13.8 Å². The van der Waals surface area contributed by atoms with Crippen molar-refractivity contribution in [2.45, 2.75) is 40.0 Å². The number of aromatic amines is 1. The first-order valence-corrected chi connectivity index (χ1v) is 7.07. The molecule has 0 unspecified atom stereocenters. The molecule has 0 atom stereocenters. The van der Waals surface area contributed by atoms with Crippen LogP contribution in [0.15, 0.2) is 17.1 Å². The topological polar surface area (TPSA) is 82.2 Å². The monoisotopic (exact) mass is 280 g/mol. The van der Waals surface area contributed by atoms with Gasteiger partial charge >= 0.3 is 0 Å². The van der Waals surface area contributed by atoms with Gasteiger partial charge in [0, 0.05) is 19.3 Å². The van der Waals surface area contributed by atoms with Crippen molar-refractivity contribution in [1.82, 2.24) is 10.3 Å². The van der Waals surface area contributed by atoms with Crippen LogP contribution in [0.25, 0.3) is 0 Å². The van der Waals surface area contributed by atoms with Crippen LogP contribution in [-0.4, -0.2) is 29.1 Å². The molecule has 1 aromatic heterocycles. The van der Waals surface area contributed by atoms with E-state index in [2.05, 4.69) is 10.3 Å². The molecule has 0 aliphatic carbocycles. The van der Waals surface area contributed by atoms with Gasteiger partial charge in [-0.25, -0.2) is 0 Å². The third-order valence-electron chi connectivity index (χ3n) is 4.16. The first-order valence-electron chi connectivity index (χ1n) is 7.07. The molecule has 0 aromatic carbocycles. The van der Waals surface area contributed by atoms with Gasteiger partial charge in [-0.3, -0.25) is 9.59 Å². The predicted octanol–water partition coefficient (Wildman–Crippen LogP) is 1.60. The van der Waals surface area contributed by atoms with E-state index in [9.17, 15) is 9.59 Å². The Labute approximate surface area is 119 Å². The number of aliphatic hydroxyl groups excluding tert-OH is 1. The third kappa shape index (κ3) is 3.70. The lowest BCUT2D eigenvalue weighted by molar-refractivity contribution is 0.0905. The van der Waals surface area contributed by atoms with E-state index >= 15 is 0 Å². The number of H-pyrrole nitrogens is 1. The van der Waals surface area contributed by atoms with Crippen molar-refractivity contribution in [1.29, 1.82) is 0 Å². The SMILES string of the molecule is CCC(CC)(CCO)CNC(=O)c1c(C)cc[nH]c1=O. The summed E-state index contributed by atoms with van der Waals surface area (Å²) >= 11 is 0. The van der Waals surface area contributed by atoms with Gasteiger partial charge in [0.1, 0.15) is 5.56 Å². The Bertz CT molecular complexity index is 504. The fourth-order valence-corrected chi connectivity index (χ4v) is 2.39. The summed E-state index contributed by atoms with van der Waals surface area (Å²) in [4.78, 5) is 26.4. The maximum absolute atomic E-state index is 12.2. The number of pyridine rings is 1. The van der Waals surface area contributed by atoms with Crippen molar-refractivity contribution in [2.24, 2.45) is 5.41 Å². The average molecular weight is 280 g/mol. The molecule has 5 heteroatoms. The quantitative estimate of drug-likeness (QED) is 0.709. The summed E-state index contributed by atoms with van der Waals surface area (Å²) in [6.07, 6.45) is 3.91. The van der Waals surface area contributed by atoms with Crippen molar-refractivity contribution in [3.05, 3.63) is 33.7 Å². The molecule has 3 N–H and O–H groups in total. The number of amides is 1. The zero-order chi connectivity index (χ0) is 15.2. The number of nitrogens with one attached hydrogen (secondary N) is 2. The van der Waals surface area contributed by atoms with E-state index in [-0.39, 0.29) is 29.1 Å². The number of carbonyl (C=O) groups is 1. The maximum Gasteiger partial charge on any atom is 0.261 e. The lowest BCUT2D eigenvalue weighted by Crippen LogP contribution is -2.39. The minimum Gasteiger partial charge on any atom is -0.396 e. The van der Waals surface area contributed by atoms with Crippen LogP contribution >= 0.6 is 0 Å². The van der Waals surface area contributed by atoms with E-state index in [1.165, 1.54) is 6.20 Å². The first-order chi connectivity index (χ1) is 9.49. The molecule has 1 amide bonds. The summed E-state index contributed by atoms with van der Waals surface area (Å²) in [5.74, 6) is -0.353. The summed E-state index contributed by atoms with van der Waals surface area (Å²) in [5, 5.41) is 12.0. The summed E-state index contributed by atoms with van der Waals surface area (Å²) in [6, 6.07) is 1.71.